The van der Waals surface area contributed by atoms with Crippen LogP contribution in [0.5, 0.6) is 17.2 Å². The van der Waals surface area contributed by atoms with Crippen molar-refractivity contribution < 1.29 is 19.4 Å². The highest BCUT2D eigenvalue weighted by Gasteiger charge is 2.11. The van der Waals surface area contributed by atoms with Gasteiger partial charge in [0, 0.05) is 5.56 Å². The number of nitrogens with zero attached hydrogens (tertiary/aromatic N) is 4. The van der Waals surface area contributed by atoms with Gasteiger partial charge >= 0.3 is 0 Å². The van der Waals surface area contributed by atoms with E-state index in [1.165, 1.54) is 25.1 Å². The maximum atomic E-state index is 12.0. The molecule has 0 aliphatic heterocycles. The topological polar surface area (TPSA) is 111 Å². The number of nitrogens with one attached hydrogen (secondary N) is 1. The molecule has 134 valence electrons. The molecule has 3 rings (SSSR count). The highest BCUT2D eigenvalue weighted by Crippen LogP contribution is 2.36. The second kappa shape index (κ2) is 7.51. The minimum absolute atomic E-state index is 0.0138. The maximum Gasteiger partial charge on any atom is 0.261 e. The van der Waals surface area contributed by atoms with Gasteiger partial charge in [0.25, 0.3) is 5.91 Å². The van der Waals surface area contributed by atoms with E-state index >= 15 is 0 Å². The standard InChI is InChI=1S/C17H17N5O4/c1-25-14-7-11(8-15(26-2)17(14)24)9-18-20-16(23)10-22-13-6-4-3-5-12(13)19-21-22/h3-9,24H,10H2,1-2H3,(H,20,23). The van der Waals surface area contributed by atoms with Gasteiger partial charge in [0.2, 0.25) is 5.75 Å². The van der Waals surface area contributed by atoms with Crippen molar-refractivity contribution in [1.29, 1.82) is 0 Å². The number of carbonyl (C=O) groups excluding carboxylic acids is 1. The minimum atomic E-state index is -0.352. The van der Waals surface area contributed by atoms with E-state index in [-0.39, 0.29) is 29.7 Å². The Labute approximate surface area is 148 Å². The summed E-state index contributed by atoms with van der Waals surface area (Å²) in [6, 6.07) is 10.5. The molecule has 0 aliphatic carbocycles. The largest absolute Gasteiger partial charge is 0.502 e. The average molecular weight is 355 g/mol. The number of rotatable bonds is 6. The molecular formula is C17H17N5O4. The van der Waals surface area contributed by atoms with Crippen LogP contribution in [0.2, 0.25) is 0 Å². The number of hydrogen-bond donors (Lipinski definition) is 2. The van der Waals surface area contributed by atoms with Crippen molar-refractivity contribution in [2.45, 2.75) is 6.54 Å². The number of para-hydroxylation sites is 1. The summed E-state index contributed by atoms with van der Waals surface area (Å²) >= 11 is 0. The normalized spacial score (nSPS) is 11.0. The number of hydrazone groups is 1. The van der Waals surface area contributed by atoms with Gasteiger partial charge in [-0.25, -0.2) is 10.1 Å². The predicted molar refractivity (Wildman–Crippen MR) is 94.5 cm³/mol. The first-order valence-corrected chi connectivity index (χ1v) is 7.67. The lowest BCUT2D eigenvalue weighted by Crippen LogP contribution is -2.23. The van der Waals surface area contributed by atoms with E-state index in [1.807, 2.05) is 24.3 Å². The van der Waals surface area contributed by atoms with E-state index in [0.717, 1.165) is 5.52 Å². The summed E-state index contributed by atoms with van der Waals surface area (Å²) in [5.74, 6) is 0.0290. The molecule has 0 saturated carbocycles. The first-order valence-electron chi connectivity index (χ1n) is 7.67. The van der Waals surface area contributed by atoms with Crippen LogP contribution in [-0.4, -0.2) is 46.4 Å². The lowest BCUT2D eigenvalue weighted by molar-refractivity contribution is -0.121. The Morgan fingerprint density at radius 1 is 1.27 bits per heavy atom. The van der Waals surface area contributed by atoms with Crippen molar-refractivity contribution >= 4 is 23.2 Å². The number of ether oxygens (including phenoxy) is 2. The SMILES string of the molecule is COc1cc(C=NNC(=O)Cn2nnc3ccccc32)cc(OC)c1O. The molecule has 0 aliphatic rings. The Hall–Kier alpha value is -3.62. The van der Waals surface area contributed by atoms with Crippen molar-refractivity contribution in [2.24, 2.45) is 5.10 Å². The first kappa shape index (κ1) is 17.2. The summed E-state index contributed by atoms with van der Waals surface area (Å²) in [4.78, 5) is 12.0. The number of aromatic nitrogens is 3. The smallest absolute Gasteiger partial charge is 0.261 e. The molecule has 26 heavy (non-hydrogen) atoms. The summed E-state index contributed by atoms with van der Waals surface area (Å²) in [6.45, 7) is -0.0138. The molecular weight excluding hydrogens is 338 g/mol. The van der Waals surface area contributed by atoms with Gasteiger partial charge in [-0.05, 0) is 24.3 Å². The third-order valence-electron chi connectivity index (χ3n) is 3.62. The highest BCUT2D eigenvalue weighted by atomic mass is 16.5. The molecule has 0 saturated heterocycles. The van der Waals surface area contributed by atoms with Crippen LogP contribution >= 0.6 is 0 Å². The Kier molecular flexibility index (Phi) is 4.97. The summed E-state index contributed by atoms with van der Waals surface area (Å²) in [6.07, 6.45) is 1.42. The number of amides is 1. The minimum Gasteiger partial charge on any atom is -0.502 e. The summed E-state index contributed by atoms with van der Waals surface area (Å²) in [7, 11) is 2.86. The predicted octanol–water partition coefficient (Wildman–Crippen LogP) is 1.30. The summed E-state index contributed by atoms with van der Waals surface area (Å²) in [5, 5.41) is 21.7. The number of aromatic hydroxyl groups is 1. The van der Waals surface area contributed by atoms with Gasteiger partial charge in [0.15, 0.2) is 11.5 Å². The zero-order valence-corrected chi connectivity index (χ0v) is 14.2. The maximum absolute atomic E-state index is 12.0. The number of hydrogen-bond acceptors (Lipinski definition) is 7. The molecule has 1 heterocycles. The first-order chi connectivity index (χ1) is 12.6. The quantitative estimate of drug-likeness (QED) is 0.509. The van der Waals surface area contributed by atoms with Gasteiger partial charge < -0.3 is 14.6 Å². The number of phenolic OH excluding ortho intramolecular Hbond substituents is 1. The zero-order valence-electron chi connectivity index (χ0n) is 14.2. The zero-order chi connectivity index (χ0) is 18.5. The third-order valence-corrected chi connectivity index (χ3v) is 3.62. The van der Waals surface area contributed by atoms with E-state index in [1.54, 1.807) is 12.1 Å². The molecule has 1 amide bonds. The second-order valence-corrected chi connectivity index (χ2v) is 5.30. The highest BCUT2D eigenvalue weighted by molar-refractivity contribution is 5.84. The van der Waals surface area contributed by atoms with E-state index in [4.69, 9.17) is 9.47 Å². The molecule has 0 atom stereocenters. The van der Waals surface area contributed by atoms with E-state index in [2.05, 4.69) is 20.8 Å². The van der Waals surface area contributed by atoms with Gasteiger partial charge in [-0.1, -0.05) is 17.3 Å². The summed E-state index contributed by atoms with van der Waals surface area (Å²) < 4.78 is 11.6. The fourth-order valence-corrected chi connectivity index (χ4v) is 2.37. The van der Waals surface area contributed by atoms with Crippen LogP contribution in [0.1, 0.15) is 5.56 Å². The fraction of sp³-hybridized carbons (Fsp3) is 0.176. The Balaban J connectivity index is 1.67. The molecule has 2 N–H and O–H groups in total. The number of benzene rings is 2. The Morgan fingerprint density at radius 2 is 1.96 bits per heavy atom. The molecule has 2 aromatic carbocycles. The van der Waals surface area contributed by atoms with Gasteiger partial charge in [-0.3, -0.25) is 4.79 Å². The lowest BCUT2D eigenvalue weighted by atomic mass is 10.2. The molecule has 1 aromatic heterocycles. The average Bonchev–Trinajstić information content (AvgIpc) is 3.05. The molecule has 9 nitrogen and oxygen atoms in total. The van der Waals surface area contributed by atoms with E-state index in [0.29, 0.717) is 11.1 Å². The van der Waals surface area contributed by atoms with Crippen molar-refractivity contribution in [3.8, 4) is 17.2 Å². The molecule has 0 unspecified atom stereocenters. The molecule has 3 aromatic rings. The van der Waals surface area contributed by atoms with Crippen molar-refractivity contribution in [3.05, 3.63) is 42.0 Å². The molecule has 0 radical (unpaired) electrons. The van der Waals surface area contributed by atoms with Gasteiger partial charge in [0.05, 0.1) is 26.0 Å². The van der Waals surface area contributed by atoms with E-state index in [9.17, 15) is 9.90 Å². The number of fused-ring (bicyclic) bond motifs is 1. The fourth-order valence-electron chi connectivity index (χ4n) is 2.37. The van der Waals surface area contributed by atoms with Crippen LogP contribution in [0.3, 0.4) is 0 Å². The van der Waals surface area contributed by atoms with Gasteiger partial charge in [0.1, 0.15) is 12.1 Å². The third kappa shape index (κ3) is 3.56. The van der Waals surface area contributed by atoms with Gasteiger partial charge in [-0.15, -0.1) is 5.10 Å². The van der Waals surface area contributed by atoms with Crippen LogP contribution in [0.4, 0.5) is 0 Å². The lowest BCUT2D eigenvalue weighted by Gasteiger charge is -2.09. The molecule has 9 heteroatoms. The Morgan fingerprint density at radius 3 is 2.65 bits per heavy atom. The van der Waals surface area contributed by atoms with E-state index < -0.39 is 0 Å². The van der Waals surface area contributed by atoms with Crippen LogP contribution in [0, 0.1) is 0 Å². The van der Waals surface area contributed by atoms with Crippen LogP contribution in [0.15, 0.2) is 41.5 Å². The number of carbonyl (C=O) groups is 1. The second-order valence-electron chi connectivity index (χ2n) is 5.30. The monoisotopic (exact) mass is 355 g/mol. The number of methoxy groups -OCH3 is 2. The van der Waals surface area contributed by atoms with Crippen LogP contribution in [-0.2, 0) is 11.3 Å². The van der Waals surface area contributed by atoms with Crippen molar-refractivity contribution in [1.82, 2.24) is 20.4 Å². The molecule has 0 spiro atoms. The summed E-state index contributed by atoms with van der Waals surface area (Å²) in [5.41, 5.74) is 4.49. The Bertz CT molecular complexity index is 942. The molecule has 0 bridgehead atoms. The number of phenols is 1. The molecule has 0 fully saturated rings. The van der Waals surface area contributed by atoms with Crippen LogP contribution in [0.25, 0.3) is 11.0 Å². The van der Waals surface area contributed by atoms with Gasteiger partial charge in [-0.2, -0.15) is 5.10 Å². The van der Waals surface area contributed by atoms with Crippen molar-refractivity contribution in [2.75, 3.05) is 14.2 Å². The van der Waals surface area contributed by atoms with Crippen molar-refractivity contribution in [3.63, 3.8) is 0 Å². The van der Waals surface area contributed by atoms with Crippen LogP contribution < -0.4 is 14.9 Å².